The summed E-state index contributed by atoms with van der Waals surface area (Å²) >= 11 is 0. The van der Waals surface area contributed by atoms with Crippen LogP contribution in [0.4, 0.5) is 11.4 Å². The number of para-hydroxylation sites is 1. The number of nitrogens with zero attached hydrogens (tertiary/aromatic N) is 4. The van der Waals surface area contributed by atoms with Crippen LogP contribution in [-0.4, -0.2) is 40.9 Å². The van der Waals surface area contributed by atoms with Crippen LogP contribution in [0.3, 0.4) is 0 Å². The van der Waals surface area contributed by atoms with Crippen molar-refractivity contribution in [1.29, 1.82) is 0 Å². The first-order chi connectivity index (χ1) is 14.6. The lowest BCUT2D eigenvalue weighted by Crippen LogP contribution is -2.39. The van der Waals surface area contributed by atoms with E-state index < -0.39 is 31.6 Å². The third-order valence-corrected chi connectivity index (χ3v) is 6.66. The average Bonchev–Trinajstić information content (AvgIpc) is 3.03. The minimum Gasteiger partial charge on any atom is -0.389 e. The maximum Gasteiger partial charge on any atom is 0.289 e. The summed E-state index contributed by atoms with van der Waals surface area (Å²) in [6, 6.07) is 13.7. The molecule has 0 unspecified atom stereocenters. The zero-order valence-corrected chi connectivity index (χ0v) is 18.3. The number of rotatable bonds is 8. The Morgan fingerprint density at radius 3 is 2.35 bits per heavy atom. The van der Waals surface area contributed by atoms with Crippen LogP contribution < -0.4 is 4.31 Å². The summed E-state index contributed by atoms with van der Waals surface area (Å²) in [6.07, 6.45) is -1.10. The fourth-order valence-corrected chi connectivity index (χ4v) is 4.97. The highest BCUT2D eigenvalue weighted by Crippen LogP contribution is 2.30. The molecule has 1 heterocycles. The van der Waals surface area contributed by atoms with E-state index >= 15 is 0 Å². The summed E-state index contributed by atoms with van der Waals surface area (Å²) in [6.45, 7) is 5.31. The number of nitro benzene ring substituents is 1. The Kier molecular flexibility index (Phi) is 6.42. The molecule has 0 fully saturated rings. The molecule has 3 rings (SSSR count). The van der Waals surface area contributed by atoms with Gasteiger partial charge in [0.25, 0.3) is 15.7 Å². The van der Waals surface area contributed by atoms with Gasteiger partial charge < -0.3 is 5.11 Å². The topological polar surface area (TPSA) is 119 Å². The van der Waals surface area contributed by atoms with Gasteiger partial charge in [-0.25, -0.2) is 8.42 Å². The zero-order valence-electron chi connectivity index (χ0n) is 17.5. The minimum absolute atomic E-state index is 0.0778. The molecule has 0 bridgehead atoms. The van der Waals surface area contributed by atoms with Crippen molar-refractivity contribution in [2.75, 3.05) is 10.8 Å². The van der Waals surface area contributed by atoms with E-state index in [4.69, 9.17) is 0 Å². The third-order valence-electron chi connectivity index (χ3n) is 4.82. The van der Waals surface area contributed by atoms with Gasteiger partial charge in [0.1, 0.15) is 0 Å². The SMILES string of the molecule is Cc1ccc(N(C[C@@H](O)Cn2nc(C)cc2C)S(=O)(=O)c2ccccc2[N+](=O)[O-])cc1. The van der Waals surface area contributed by atoms with Gasteiger partial charge in [-0.2, -0.15) is 5.10 Å². The third kappa shape index (κ3) is 4.92. The van der Waals surface area contributed by atoms with E-state index in [1.165, 1.54) is 18.2 Å². The Balaban J connectivity index is 2.01. The van der Waals surface area contributed by atoms with Crippen molar-refractivity contribution >= 4 is 21.4 Å². The van der Waals surface area contributed by atoms with Crippen LogP contribution in [0.2, 0.25) is 0 Å². The number of sulfonamides is 1. The van der Waals surface area contributed by atoms with Crippen LogP contribution in [0, 0.1) is 30.9 Å². The Labute approximate surface area is 180 Å². The molecule has 0 aliphatic carbocycles. The van der Waals surface area contributed by atoms with E-state index in [1.807, 2.05) is 26.8 Å². The number of nitro groups is 1. The molecular formula is C21H24N4O5S. The predicted molar refractivity (Wildman–Crippen MR) is 117 cm³/mol. The molecule has 0 spiro atoms. The Morgan fingerprint density at radius 2 is 1.77 bits per heavy atom. The van der Waals surface area contributed by atoms with Crippen molar-refractivity contribution < 1.29 is 18.4 Å². The largest absolute Gasteiger partial charge is 0.389 e. The molecule has 1 atom stereocenters. The summed E-state index contributed by atoms with van der Waals surface area (Å²) in [5.74, 6) is 0. The molecule has 0 amide bonds. The number of hydrogen-bond acceptors (Lipinski definition) is 6. The van der Waals surface area contributed by atoms with E-state index in [0.29, 0.717) is 5.69 Å². The van der Waals surface area contributed by atoms with E-state index in [9.17, 15) is 23.6 Å². The van der Waals surface area contributed by atoms with Gasteiger partial charge >= 0.3 is 0 Å². The maximum absolute atomic E-state index is 13.5. The molecule has 0 aliphatic heterocycles. The normalized spacial score (nSPS) is 12.5. The fourth-order valence-electron chi connectivity index (χ4n) is 3.31. The van der Waals surface area contributed by atoms with E-state index in [1.54, 1.807) is 28.9 Å². The molecule has 0 saturated heterocycles. The highest BCUT2D eigenvalue weighted by atomic mass is 32.2. The first kappa shape index (κ1) is 22.4. The predicted octanol–water partition coefficient (Wildman–Crippen LogP) is 2.97. The molecule has 31 heavy (non-hydrogen) atoms. The molecule has 10 heteroatoms. The second-order valence-corrected chi connectivity index (χ2v) is 9.19. The smallest absolute Gasteiger partial charge is 0.289 e. The van der Waals surface area contributed by atoms with Gasteiger partial charge in [-0.05, 0) is 45.0 Å². The van der Waals surface area contributed by atoms with Gasteiger partial charge in [-0.1, -0.05) is 29.8 Å². The van der Waals surface area contributed by atoms with E-state index in [-0.39, 0.29) is 13.1 Å². The van der Waals surface area contributed by atoms with E-state index in [2.05, 4.69) is 5.10 Å². The van der Waals surface area contributed by atoms with Crippen molar-refractivity contribution in [3.05, 3.63) is 81.7 Å². The molecule has 9 nitrogen and oxygen atoms in total. The first-order valence-electron chi connectivity index (χ1n) is 9.61. The standard InChI is InChI=1S/C21H24N4O5S/c1-15-8-10-18(11-9-15)24(14-19(26)13-23-17(3)12-16(2)22-23)31(29,30)21-7-5-4-6-20(21)25(27)28/h4-12,19,26H,13-14H2,1-3H3/t19-/m0/s1. The molecule has 1 N–H and O–H groups in total. The van der Waals surface area contributed by atoms with Crippen molar-refractivity contribution in [2.24, 2.45) is 0 Å². The summed E-state index contributed by atoms with van der Waals surface area (Å²) in [7, 11) is -4.33. The summed E-state index contributed by atoms with van der Waals surface area (Å²) in [5, 5.41) is 26.4. The molecular weight excluding hydrogens is 420 g/mol. The summed E-state index contributed by atoms with van der Waals surface area (Å²) in [4.78, 5) is 10.3. The number of aromatic nitrogens is 2. The number of hydrogen-bond donors (Lipinski definition) is 1. The highest BCUT2D eigenvalue weighted by molar-refractivity contribution is 7.93. The minimum atomic E-state index is -4.33. The second-order valence-electron chi connectivity index (χ2n) is 7.36. The quantitative estimate of drug-likeness (QED) is 0.421. The van der Waals surface area contributed by atoms with Crippen molar-refractivity contribution in [1.82, 2.24) is 9.78 Å². The summed E-state index contributed by atoms with van der Waals surface area (Å²) in [5.41, 5.74) is 2.33. The number of aryl methyl sites for hydroxylation is 3. The molecule has 0 aliphatic rings. The lowest BCUT2D eigenvalue weighted by Gasteiger charge is -2.27. The van der Waals surface area contributed by atoms with Crippen LogP contribution in [0.5, 0.6) is 0 Å². The average molecular weight is 445 g/mol. The Bertz CT molecular complexity index is 1190. The number of benzene rings is 2. The lowest BCUT2D eigenvalue weighted by atomic mass is 10.2. The van der Waals surface area contributed by atoms with Gasteiger partial charge in [0, 0.05) is 11.8 Å². The van der Waals surface area contributed by atoms with Gasteiger partial charge in [-0.15, -0.1) is 0 Å². The molecule has 164 valence electrons. The van der Waals surface area contributed by atoms with Crippen molar-refractivity contribution in [2.45, 2.75) is 38.3 Å². The van der Waals surface area contributed by atoms with Gasteiger partial charge in [0.05, 0.1) is 35.5 Å². The molecule has 0 saturated carbocycles. The number of aliphatic hydroxyl groups is 1. The van der Waals surface area contributed by atoms with Crippen LogP contribution in [0.1, 0.15) is 17.0 Å². The molecule has 3 aromatic rings. The fraction of sp³-hybridized carbons (Fsp3) is 0.286. The number of aliphatic hydroxyl groups excluding tert-OH is 1. The highest BCUT2D eigenvalue weighted by Gasteiger charge is 2.33. The molecule has 0 radical (unpaired) electrons. The summed E-state index contributed by atoms with van der Waals surface area (Å²) < 4.78 is 29.6. The van der Waals surface area contributed by atoms with Crippen LogP contribution in [0.15, 0.2) is 59.5 Å². The van der Waals surface area contributed by atoms with Gasteiger partial charge in [0.15, 0.2) is 4.90 Å². The lowest BCUT2D eigenvalue weighted by molar-refractivity contribution is -0.387. The van der Waals surface area contributed by atoms with Crippen LogP contribution in [-0.2, 0) is 16.6 Å². The number of anilines is 1. The Hall–Kier alpha value is -3.24. The second kappa shape index (κ2) is 8.86. The zero-order chi connectivity index (χ0) is 22.8. The maximum atomic E-state index is 13.5. The molecule has 1 aromatic heterocycles. The van der Waals surface area contributed by atoms with Crippen LogP contribution in [0.25, 0.3) is 0 Å². The first-order valence-corrected chi connectivity index (χ1v) is 11.1. The van der Waals surface area contributed by atoms with Gasteiger partial charge in [0.2, 0.25) is 0 Å². The van der Waals surface area contributed by atoms with Gasteiger partial charge in [-0.3, -0.25) is 19.1 Å². The van der Waals surface area contributed by atoms with Crippen molar-refractivity contribution in [3.8, 4) is 0 Å². The molecule has 2 aromatic carbocycles. The van der Waals surface area contributed by atoms with E-state index in [0.717, 1.165) is 27.3 Å². The van der Waals surface area contributed by atoms with Crippen LogP contribution >= 0.6 is 0 Å². The Morgan fingerprint density at radius 1 is 1.13 bits per heavy atom. The van der Waals surface area contributed by atoms with Crippen molar-refractivity contribution in [3.63, 3.8) is 0 Å². The monoisotopic (exact) mass is 444 g/mol.